The van der Waals surface area contributed by atoms with Crippen molar-refractivity contribution in [3.8, 4) is 0 Å². The van der Waals surface area contributed by atoms with Crippen molar-refractivity contribution in [2.24, 2.45) is 15.3 Å². The van der Waals surface area contributed by atoms with Gasteiger partial charge in [0.1, 0.15) is 0 Å². The summed E-state index contributed by atoms with van der Waals surface area (Å²) >= 11 is 0. The van der Waals surface area contributed by atoms with Crippen LogP contribution in [0.2, 0.25) is 0 Å². The summed E-state index contributed by atoms with van der Waals surface area (Å²) in [6, 6.07) is 26.1. The molecular weight excluding hydrogens is 348 g/mol. The Balaban J connectivity index is 1.56. The Morgan fingerprint density at radius 2 is 1.68 bits per heavy atom. The lowest BCUT2D eigenvalue weighted by molar-refractivity contribution is 0.818. The number of anilines is 1. The number of aromatic nitrogens is 2. The van der Waals surface area contributed by atoms with E-state index in [-0.39, 0.29) is 0 Å². The molecule has 0 aliphatic rings. The van der Waals surface area contributed by atoms with Crippen molar-refractivity contribution < 1.29 is 0 Å². The average Bonchev–Trinajstić information content (AvgIpc) is 3.07. The van der Waals surface area contributed by atoms with Crippen LogP contribution in [0.25, 0.3) is 11.0 Å². The molecule has 28 heavy (non-hydrogen) atoms. The molecule has 0 fully saturated rings. The van der Waals surface area contributed by atoms with Gasteiger partial charge in [0.05, 0.1) is 23.3 Å². The van der Waals surface area contributed by atoms with Crippen LogP contribution in [0.4, 0.5) is 11.6 Å². The van der Waals surface area contributed by atoms with Crippen LogP contribution in [0, 0.1) is 6.92 Å². The fourth-order valence-corrected chi connectivity index (χ4v) is 2.96. The number of para-hydroxylation sites is 3. The van der Waals surface area contributed by atoms with Gasteiger partial charge < -0.3 is 4.57 Å². The van der Waals surface area contributed by atoms with E-state index in [1.54, 1.807) is 0 Å². The molecule has 6 nitrogen and oxygen atoms in total. The van der Waals surface area contributed by atoms with E-state index in [0.29, 0.717) is 12.5 Å². The lowest BCUT2D eigenvalue weighted by atomic mass is 10.2. The summed E-state index contributed by atoms with van der Waals surface area (Å²) in [5, 5.41) is 12.5. The van der Waals surface area contributed by atoms with Gasteiger partial charge in [-0.05, 0) is 36.2 Å². The molecule has 0 aliphatic heterocycles. The molecule has 0 radical (unpaired) electrons. The molecule has 1 aromatic heterocycles. The summed E-state index contributed by atoms with van der Waals surface area (Å²) in [6.45, 7) is 2.69. The van der Waals surface area contributed by atoms with E-state index in [1.165, 1.54) is 11.9 Å². The first-order valence-corrected chi connectivity index (χ1v) is 9.04. The van der Waals surface area contributed by atoms with Crippen LogP contribution in [-0.4, -0.2) is 15.9 Å². The third-order valence-electron chi connectivity index (χ3n) is 4.40. The van der Waals surface area contributed by atoms with Crippen molar-refractivity contribution >= 4 is 29.0 Å². The van der Waals surface area contributed by atoms with Crippen LogP contribution >= 0.6 is 0 Å². The van der Waals surface area contributed by atoms with E-state index in [4.69, 9.17) is 0 Å². The summed E-state index contributed by atoms with van der Waals surface area (Å²) < 4.78 is 2.05. The van der Waals surface area contributed by atoms with Gasteiger partial charge in [-0.15, -0.1) is 10.2 Å². The molecule has 1 heterocycles. The van der Waals surface area contributed by atoms with Crippen molar-refractivity contribution in [2.45, 2.75) is 13.5 Å². The molecule has 138 valence electrons. The molecule has 0 saturated heterocycles. The molecule has 0 spiro atoms. The van der Waals surface area contributed by atoms with Gasteiger partial charge in [0, 0.05) is 0 Å². The lowest BCUT2D eigenvalue weighted by Crippen LogP contribution is -1.98. The predicted molar refractivity (Wildman–Crippen MR) is 113 cm³/mol. The second kappa shape index (κ2) is 8.26. The summed E-state index contributed by atoms with van der Waals surface area (Å²) in [5.41, 5.74) is 8.11. The Morgan fingerprint density at radius 1 is 0.929 bits per heavy atom. The Hall–Kier alpha value is -3.80. The first kappa shape index (κ1) is 17.6. The zero-order chi connectivity index (χ0) is 19.2. The highest BCUT2D eigenvalue weighted by molar-refractivity contribution is 5.78. The smallest absolute Gasteiger partial charge is 0.250 e. The van der Waals surface area contributed by atoms with E-state index in [2.05, 4.69) is 42.4 Å². The number of rotatable bonds is 6. The van der Waals surface area contributed by atoms with Gasteiger partial charge in [0.2, 0.25) is 0 Å². The third kappa shape index (κ3) is 3.96. The summed E-state index contributed by atoms with van der Waals surface area (Å²) in [6.07, 6.45) is 1.39. The molecule has 0 unspecified atom stereocenters. The van der Waals surface area contributed by atoms with Crippen LogP contribution in [-0.2, 0) is 6.54 Å². The number of nitrogens with zero attached hydrogens (tertiary/aromatic N) is 5. The number of benzene rings is 3. The zero-order valence-electron chi connectivity index (χ0n) is 15.5. The summed E-state index contributed by atoms with van der Waals surface area (Å²) in [7, 11) is 0. The van der Waals surface area contributed by atoms with Crippen LogP contribution in [0.1, 0.15) is 11.1 Å². The molecule has 6 heteroatoms. The maximum Gasteiger partial charge on any atom is 0.250 e. The Kier molecular flexibility index (Phi) is 5.20. The normalized spacial score (nSPS) is 11.6. The van der Waals surface area contributed by atoms with Crippen LogP contribution in [0.3, 0.4) is 0 Å². The number of hydrogen-bond acceptors (Lipinski definition) is 4. The average molecular weight is 368 g/mol. The number of hydrogen-bond donors (Lipinski definition) is 1. The minimum atomic E-state index is 0.549. The molecule has 0 atom stereocenters. The molecule has 4 rings (SSSR count). The highest BCUT2D eigenvalue weighted by atomic mass is 15.3. The molecule has 3 aromatic carbocycles. The Morgan fingerprint density at radius 3 is 2.54 bits per heavy atom. The lowest BCUT2D eigenvalue weighted by Gasteiger charge is -2.06. The van der Waals surface area contributed by atoms with Gasteiger partial charge in [0.15, 0.2) is 6.34 Å². The number of azo groups is 1. The van der Waals surface area contributed by atoms with Gasteiger partial charge in [-0.1, -0.05) is 60.7 Å². The van der Waals surface area contributed by atoms with Gasteiger partial charge in [-0.3, -0.25) is 5.43 Å². The van der Waals surface area contributed by atoms with Gasteiger partial charge in [0.25, 0.3) is 5.95 Å². The molecule has 0 aliphatic carbocycles. The van der Waals surface area contributed by atoms with E-state index < -0.39 is 0 Å². The summed E-state index contributed by atoms with van der Waals surface area (Å²) in [4.78, 5) is 4.60. The fourth-order valence-electron chi connectivity index (χ4n) is 2.96. The van der Waals surface area contributed by atoms with Crippen molar-refractivity contribution in [1.82, 2.24) is 9.55 Å². The SMILES string of the molecule is Cc1ccccc1N/N=C/N=Nc1nc2ccccc2n1Cc1ccccc1. The fraction of sp³-hybridized carbons (Fsp3) is 0.0909. The molecule has 4 aromatic rings. The Labute approximate surface area is 163 Å². The standard InChI is InChI=1S/C22H20N6/c1-17-9-5-6-12-19(17)26-23-16-24-27-22-25-20-13-7-8-14-21(20)28(22)15-18-10-3-2-4-11-18/h2-14,16,26H,15H2,1H3/b23-16+,27-24?. The minimum Gasteiger partial charge on any atom is -0.303 e. The quantitative estimate of drug-likeness (QED) is 0.210. The van der Waals surface area contributed by atoms with Crippen molar-refractivity contribution in [2.75, 3.05) is 5.43 Å². The third-order valence-corrected chi connectivity index (χ3v) is 4.40. The number of hydrazone groups is 1. The van der Waals surface area contributed by atoms with Gasteiger partial charge >= 0.3 is 0 Å². The monoisotopic (exact) mass is 368 g/mol. The second-order valence-corrected chi connectivity index (χ2v) is 6.36. The molecule has 0 saturated carbocycles. The molecular formula is C22H20N6. The number of fused-ring (bicyclic) bond motifs is 1. The molecule has 0 bridgehead atoms. The highest BCUT2D eigenvalue weighted by Gasteiger charge is 2.10. The zero-order valence-corrected chi connectivity index (χ0v) is 15.5. The predicted octanol–water partition coefficient (Wildman–Crippen LogP) is 5.53. The highest BCUT2D eigenvalue weighted by Crippen LogP contribution is 2.23. The first-order chi connectivity index (χ1) is 13.8. The van der Waals surface area contributed by atoms with Gasteiger partial charge in [-0.25, -0.2) is 4.98 Å². The van der Waals surface area contributed by atoms with Crippen LogP contribution < -0.4 is 5.43 Å². The second-order valence-electron chi connectivity index (χ2n) is 6.36. The van der Waals surface area contributed by atoms with E-state index in [0.717, 1.165) is 22.3 Å². The van der Waals surface area contributed by atoms with E-state index in [1.807, 2.05) is 73.7 Å². The number of aryl methyl sites for hydroxylation is 1. The number of imidazole rings is 1. The van der Waals surface area contributed by atoms with Crippen molar-refractivity contribution in [1.29, 1.82) is 0 Å². The van der Waals surface area contributed by atoms with E-state index >= 15 is 0 Å². The maximum atomic E-state index is 4.60. The largest absolute Gasteiger partial charge is 0.303 e. The number of nitrogens with one attached hydrogen (secondary N) is 1. The van der Waals surface area contributed by atoms with Crippen LogP contribution in [0.15, 0.2) is 94.2 Å². The Bertz CT molecular complexity index is 1130. The van der Waals surface area contributed by atoms with Gasteiger partial charge in [-0.2, -0.15) is 5.10 Å². The maximum absolute atomic E-state index is 4.60. The molecule has 0 amide bonds. The van der Waals surface area contributed by atoms with E-state index in [9.17, 15) is 0 Å². The minimum absolute atomic E-state index is 0.549. The van der Waals surface area contributed by atoms with Crippen LogP contribution in [0.5, 0.6) is 0 Å². The van der Waals surface area contributed by atoms with Crippen molar-refractivity contribution in [3.05, 3.63) is 90.0 Å². The molecule has 1 N–H and O–H groups in total. The first-order valence-electron chi connectivity index (χ1n) is 9.04. The topological polar surface area (TPSA) is 66.9 Å². The summed E-state index contributed by atoms with van der Waals surface area (Å²) in [5.74, 6) is 0.549. The van der Waals surface area contributed by atoms with Crippen molar-refractivity contribution in [3.63, 3.8) is 0 Å².